The minimum Gasteiger partial charge on any atom is -0.393 e. The van der Waals surface area contributed by atoms with Crippen molar-refractivity contribution in [1.29, 1.82) is 0 Å². The van der Waals surface area contributed by atoms with E-state index in [0.717, 1.165) is 38.3 Å². The molecule has 1 aromatic heterocycles. The number of nitrogens with zero attached hydrogens (tertiary/aromatic N) is 3. The standard InChI is InChI=1S/C10H17N3O2/c1-2-8-5-13(4-3-9(8)14)6-10-11-7-15-12-10/h7-9,14H,2-6H2,1H3. The van der Waals surface area contributed by atoms with Crippen LogP contribution in [0.3, 0.4) is 0 Å². The minimum absolute atomic E-state index is 0.142. The molecule has 0 radical (unpaired) electrons. The predicted molar refractivity (Wildman–Crippen MR) is 54.0 cm³/mol. The van der Waals surface area contributed by atoms with E-state index in [1.807, 2.05) is 0 Å². The smallest absolute Gasteiger partial charge is 0.213 e. The molecule has 5 heteroatoms. The van der Waals surface area contributed by atoms with Crippen molar-refractivity contribution in [2.75, 3.05) is 13.1 Å². The lowest BCUT2D eigenvalue weighted by molar-refractivity contribution is 0.0211. The molecular formula is C10H17N3O2. The fourth-order valence-electron chi connectivity index (χ4n) is 2.10. The van der Waals surface area contributed by atoms with Crippen molar-refractivity contribution < 1.29 is 9.63 Å². The van der Waals surface area contributed by atoms with Gasteiger partial charge in [0, 0.05) is 13.1 Å². The van der Waals surface area contributed by atoms with Crippen LogP contribution in [0.15, 0.2) is 10.9 Å². The minimum atomic E-state index is -0.142. The predicted octanol–water partition coefficient (Wildman–Crippen LogP) is 0.662. The summed E-state index contributed by atoms with van der Waals surface area (Å²) >= 11 is 0. The lowest BCUT2D eigenvalue weighted by Gasteiger charge is -2.34. The maximum Gasteiger partial charge on any atom is 0.213 e. The van der Waals surface area contributed by atoms with Crippen LogP contribution in [0.2, 0.25) is 0 Å². The normalized spacial score (nSPS) is 28.1. The zero-order chi connectivity index (χ0) is 10.7. The summed E-state index contributed by atoms with van der Waals surface area (Å²) in [4.78, 5) is 6.27. The van der Waals surface area contributed by atoms with Gasteiger partial charge in [-0.3, -0.25) is 4.90 Å². The Hall–Kier alpha value is -0.940. The van der Waals surface area contributed by atoms with E-state index in [2.05, 4.69) is 22.0 Å². The third-order valence-corrected chi connectivity index (χ3v) is 3.07. The fourth-order valence-corrected chi connectivity index (χ4v) is 2.10. The van der Waals surface area contributed by atoms with Gasteiger partial charge in [0.1, 0.15) is 0 Å². The Balaban J connectivity index is 1.89. The first kappa shape index (κ1) is 10.6. The number of aliphatic hydroxyl groups is 1. The van der Waals surface area contributed by atoms with Gasteiger partial charge in [-0.1, -0.05) is 12.1 Å². The van der Waals surface area contributed by atoms with Crippen LogP contribution in [0.25, 0.3) is 0 Å². The van der Waals surface area contributed by atoms with Crippen molar-refractivity contribution in [3.05, 3.63) is 12.2 Å². The van der Waals surface area contributed by atoms with Gasteiger partial charge in [-0.2, -0.15) is 4.98 Å². The Morgan fingerprint density at radius 2 is 2.53 bits per heavy atom. The number of likely N-dealkylation sites (tertiary alicyclic amines) is 1. The van der Waals surface area contributed by atoms with E-state index in [9.17, 15) is 5.11 Å². The number of hydrogen-bond acceptors (Lipinski definition) is 5. The van der Waals surface area contributed by atoms with Gasteiger partial charge in [-0.25, -0.2) is 0 Å². The van der Waals surface area contributed by atoms with Crippen LogP contribution in [0.4, 0.5) is 0 Å². The molecule has 1 aromatic rings. The van der Waals surface area contributed by atoms with Gasteiger partial charge in [0.2, 0.25) is 6.39 Å². The Kier molecular flexibility index (Phi) is 3.33. The molecule has 2 atom stereocenters. The first-order valence-corrected chi connectivity index (χ1v) is 5.45. The van der Waals surface area contributed by atoms with Crippen LogP contribution >= 0.6 is 0 Å². The number of rotatable bonds is 3. The van der Waals surface area contributed by atoms with Gasteiger partial charge < -0.3 is 9.63 Å². The average Bonchev–Trinajstić information content (AvgIpc) is 2.73. The van der Waals surface area contributed by atoms with Crippen molar-refractivity contribution >= 4 is 0 Å². The van der Waals surface area contributed by atoms with E-state index in [-0.39, 0.29) is 6.10 Å². The summed E-state index contributed by atoms with van der Waals surface area (Å²) in [7, 11) is 0. The van der Waals surface area contributed by atoms with Gasteiger partial charge in [-0.15, -0.1) is 0 Å². The first-order valence-electron chi connectivity index (χ1n) is 5.45. The van der Waals surface area contributed by atoms with Gasteiger partial charge in [0.05, 0.1) is 12.6 Å². The third kappa shape index (κ3) is 2.54. The molecule has 1 N–H and O–H groups in total. The number of piperidine rings is 1. The lowest BCUT2D eigenvalue weighted by Crippen LogP contribution is -2.42. The molecule has 0 amide bonds. The second-order valence-electron chi connectivity index (χ2n) is 4.11. The van der Waals surface area contributed by atoms with E-state index in [4.69, 9.17) is 4.52 Å². The van der Waals surface area contributed by atoms with Crippen molar-refractivity contribution in [1.82, 2.24) is 15.0 Å². The molecule has 1 saturated heterocycles. The van der Waals surface area contributed by atoms with Gasteiger partial charge in [0.25, 0.3) is 0 Å². The third-order valence-electron chi connectivity index (χ3n) is 3.07. The largest absolute Gasteiger partial charge is 0.393 e. The Morgan fingerprint density at radius 1 is 1.67 bits per heavy atom. The molecule has 15 heavy (non-hydrogen) atoms. The van der Waals surface area contributed by atoms with Crippen LogP contribution in [-0.4, -0.2) is 39.3 Å². The number of aromatic nitrogens is 2. The maximum atomic E-state index is 9.74. The van der Waals surface area contributed by atoms with Crippen LogP contribution in [0, 0.1) is 5.92 Å². The summed E-state index contributed by atoms with van der Waals surface area (Å²) < 4.78 is 4.69. The molecule has 1 aliphatic rings. The molecule has 84 valence electrons. The second kappa shape index (κ2) is 4.72. The van der Waals surface area contributed by atoms with E-state index in [1.54, 1.807) is 0 Å². The van der Waals surface area contributed by atoms with E-state index >= 15 is 0 Å². The molecule has 2 rings (SSSR count). The monoisotopic (exact) mass is 211 g/mol. The Bertz CT molecular complexity index is 289. The highest BCUT2D eigenvalue weighted by Crippen LogP contribution is 2.20. The molecular weight excluding hydrogens is 194 g/mol. The first-order chi connectivity index (χ1) is 7.29. The van der Waals surface area contributed by atoms with Crippen LogP contribution in [0.1, 0.15) is 25.6 Å². The quantitative estimate of drug-likeness (QED) is 0.796. The summed E-state index contributed by atoms with van der Waals surface area (Å²) in [5, 5.41) is 13.5. The average molecular weight is 211 g/mol. The molecule has 0 saturated carbocycles. The van der Waals surface area contributed by atoms with E-state index < -0.39 is 0 Å². The molecule has 1 fully saturated rings. The molecule has 2 heterocycles. The van der Waals surface area contributed by atoms with E-state index in [0.29, 0.717) is 5.92 Å². The lowest BCUT2D eigenvalue weighted by atomic mass is 9.92. The highest BCUT2D eigenvalue weighted by molar-refractivity contribution is 4.84. The van der Waals surface area contributed by atoms with Crippen LogP contribution < -0.4 is 0 Å². The molecule has 1 aliphatic heterocycles. The topological polar surface area (TPSA) is 62.4 Å². The van der Waals surface area contributed by atoms with Gasteiger partial charge >= 0.3 is 0 Å². The maximum absolute atomic E-state index is 9.74. The highest BCUT2D eigenvalue weighted by atomic mass is 16.5. The SMILES string of the molecule is CCC1CN(Cc2ncon2)CCC1O. The van der Waals surface area contributed by atoms with E-state index in [1.165, 1.54) is 6.39 Å². The molecule has 0 aliphatic carbocycles. The summed E-state index contributed by atoms with van der Waals surface area (Å²) in [6.45, 7) is 4.67. The van der Waals surface area contributed by atoms with Gasteiger partial charge in [0.15, 0.2) is 5.82 Å². The zero-order valence-electron chi connectivity index (χ0n) is 8.96. The number of hydrogen-bond donors (Lipinski definition) is 1. The van der Waals surface area contributed by atoms with Crippen molar-refractivity contribution in [3.63, 3.8) is 0 Å². The fraction of sp³-hybridized carbons (Fsp3) is 0.800. The van der Waals surface area contributed by atoms with Gasteiger partial charge in [-0.05, 0) is 18.8 Å². The van der Waals surface area contributed by atoms with Crippen molar-refractivity contribution in [3.8, 4) is 0 Å². The summed E-state index contributed by atoms with van der Waals surface area (Å²) in [5.74, 6) is 1.10. The molecule has 0 bridgehead atoms. The summed E-state index contributed by atoms with van der Waals surface area (Å²) in [6.07, 6.45) is 3.07. The Morgan fingerprint density at radius 3 is 3.20 bits per heavy atom. The molecule has 0 spiro atoms. The Labute approximate surface area is 89.1 Å². The van der Waals surface area contributed by atoms with Crippen LogP contribution in [0.5, 0.6) is 0 Å². The zero-order valence-corrected chi connectivity index (χ0v) is 8.96. The second-order valence-corrected chi connectivity index (χ2v) is 4.11. The molecule has 5 nitrogen and oxygen atoms in total. The number of aliphatic hydroxyl groups excluding tert-OH is 1. The van der Waals surface area contributed by atoms with Crippen molar-refractivity contribution in [2.24, 2.45) is 5.92 Å². The molecule has 2 unspecified atom stereocenters. The summed E-state index contributed by atoms with van der Waals surface area (Å²) in [6, 6.07) is 0. The van der Waals surface area contributed by atoms with Crippen LogP contribution in [-0.2, 0) is 6.54 Å². The van der Waals surface area contributed by atoms with Crippen molar-refractivity contribution in [2.45, 2.75) is 32.4 Å². The highest BCUT2D eigenvalue weighted by Gasteiger charge is 2.26. The molecule has 0 aromatic carbocycles. The summed E-state index contributed by atoms with van der Waals surface area (Å²) in [5.41, 5.74) is 0.